The van der Waals surface area contributed by atoms with E-state index < -0.39 is 0 Å². The molecule has 19 heavy (non-hydrogen) atoms. The largest absolute Gasteiger partial charge is 0.491 e. The van der Waals surface area contributed by atoms with Gasteiger partial charge in [0, 0.05) is 12.2 Å². The number of ether oxygens (including phenoxy) is 3. The van der Waals surface area contributed by atoms with Crippen LogP contribution < -0.4 is 10.5 Å². The van der Waals surface area contributed by atoms with E-state index in [-0.39, 0.29) is 5.84 Å². The van der Waals surface area contributed by atoms with Gasteiger partial charge in [0.05, 0.1) is 19.8 Å². The van der Waals surface area contributed by atoms with E-state index in [9.17, 15) is 0 Å². The molecule has 0 saturated heterocycles. The Kier molecular flexibility index (Phi) is 7.38. The summed E-state index contributed by atoms with van der Waals surface area (Å²) in [4.78, 5) is 0. The number of oxime groups is 1. The second-order valence-electron chi connectivity index (χ2n) is 3.67. The third kappa shape index (κ3) is 6.08. The van der Waals surface area contributed by atoms with E-state index in [4.69, 9.17) is 25.2 Å². The van der Waals surface area contributed by atoms with Gasteiger partial charge in [-0.2, -0.15) is 0 Å². The molecule has 6 nitrogen and oxygen atoms in total. The minimum atomic E-state index is 0.0748. The van der Waals surface area contributed by atoms with E-state index in [1.165, 1.54) is 0 Å². The fraction of sp³-hybridized carbons (Fsp3) is 0.462. The molecule has 0 radical (unpaired) electrons. The van der Waals surface area contributed by atoms with Crippen LogP contribution in [0.4, 0.5) is 0 Å². The zero-order valence-electron chi connectivity index (χ0n) is 11.0. The lowest BCUT2D eigenvalue weighted by molar-refractivity contribution is 0.0405. The van der Waals surface area contributed by atoms with Gasteiger partial charge in [-0.1, -0.05) is 5.16 Å². The predicted octanol–water partition coefficient (Wildman–Crippen LogP) is 1.21. The van der Waals surface area contributed by atoms with E-state index >= 15 is 0 Å². The summed E-state index contributed by atoms with van der Waals surface area (Å²) in [5.74, 6) is 0.786. The molecule has 0 fully saturated rings. The second kappa shape index (κ2) is 9.18. The Balaban J connectivity index is 2.19. The van der Waals surface area contributed by atoms with Crippen molar-refractivity contribution >= 4 is 5.84 Å². The van der Waals surface area contributed by atoms with Gasteiger partial charge in [-0.3, -0.25) is 0 Å². The number of rotatable bonds is 9. The molecule has 3 N–H and O–H groups in total. The van der Waals surface area contributed by atoms with Gasteiger partial charge in [-0.05, 0) is 31.2 Å². The number of hydrogen-bond donors (Lipinski definition) is 2. The van der Waals surface area contributed by atoms with Crippen LogP contribution in [0.2, 0.25) is 0 Å². The van der Waals surface area contributed by atoms with Crippen molar-refractivity contribution in [2.45, 2.75) is 6.92 Å². The SMILES string of the molecule is CCOCCOCCOc1ccc(C(N)=NO)cc1. The van der Waals surface area contributed by atoms with Crippen LogP contribution in [0.3, 0.4) is 0 Å². The zero-order valence-corrected chi connectivity index (χ0v) is 11.0. The Bertz CT molecular complexity index is 379. The maximum absolute atomic E-state index is 8.52. The van der Waals surface area contributed by atoms with Gasteiger partial charge in [-0.25, -0.2) is 0 Å². The Morgan fingerprint density at radius 3 is 2.37 bits per heavy atom. The zero-order chi connectivity index (χ0) is 13.9. The van der Waals surface area contributed by atoms with Crippen LogP contribution in [0.1, 0.15) is 12.5 Å². The van der Waals surface area contributed by atoms with Crippen LogP contribution >= 0.6 is 0 Å². The summed E-state index contributed by atoms with van der Waals surface area (Å²) in [6.45, 7) is 4.79. The molecule has 0 aliphatic rings. The van der Waals surface area contributed by atoms with Crippen molar-refractivity contribution in [3.63, 3.8) is 0 Å². The molecular weight excluding hydrogens is 248 g/mol. The molecule has 0 bridgehead atoms. The fourth-order valence-electron chi connectivity index (χ4n) is 1.36. The minimum Gasteiger partial charge on any atom is -0.491 e. The van der Waals surface area contributed by atoms with E-state index in [0.717, 1.165) is 0 Å². The number of benzene rings is 1. The van der Waals surface area contributed by atoms with Gasteiger partial charge >= 0.3 is 0 Å². The third-order valence-electron chi connectivity index (χ3n) is 2.33. The van der Waals surface area contributed by atoms with Gasteiger partial charge in [0.1, 0.15) is 12.4 Å². The van der Waals surface area contributed by atoms with E-state index in [0.29, 0.717) is 44.3 Å². The average Bonchev–Trinajstić information content (AvgIpc) is 2.46. The summed E-state index contributed by atoms with van der Waals surface area (Å²) >= 11 is 0. The van der Waals surface area contributed by atoms with Crippen LogP contribution in [-0.2, 0) is 9.47 Å². The first kappa shape index (κ1) is 15.3. The summed E-state index contributed by atoms with van der Waals surface area (Å²) in [6.07, 6.45) is 0. The monoisotopic (exact) mass is 268 g/mol. The van der Waals surface area contributed by atoms with Gasteiger partial charge in [0.15, 0.2) is 5.84 Å². The fourth-order valence-corrected chi connectivity index (χ4v) is 1.36. The standard InChI is InChI=1S/C13H20N2O4/c1-2-17-7-8-18-9-10-19-12-5-3-11(4-6-12)13(14)15-16/h3-6,16H,2,7-10H2,1H3,(H2,14,15). The number of hydrogen-bond acceptors (Lipinski definition) is 5. The van der Waals surface area contributed by atoms with Crippen molar-refractivity contribution in [3.05, 3.63) is 29.8 Å². The van der Waals surface area contributed by atoms with Gasteiger partial charge in [0.25, 0.3) is 0 Å². The number of nitrogens with two attached hydrogens (primary N) is 1. The van der Waals surface area contributed by atoms with Crippen LogP contribution in [0, 0.1) is 0 Å². The Hall–Kier alpha value is -1.79. The maximum atomic E-state index is 8.52. The summed E-state index contributed by atoms with van der Waals surface area (Å²) < 4.78 is 15.9. The van der Waals surface area contributed by atoms with Crippen LogP contribution in [0.5, 0.6) is 5.75 Å². The van der Waals surface area contributed by atoms with Crippen LogP contribution in [-0.4, -0.2) is 44.1 Å². The molecule has 6 heteroatoms. The molecule has 0 aliphatic heterocycles. The second-order valence-corrected chi connectivity index (χ2v) is 3.67. The summed E-state index contributed by atoms with van der Waals surface area (Å²) in [7, 11) is 0. The molecule has 0 atom stereocenters. The number of nitrogens with zero attached hydrogens (tertiary/aromatic N) is 1. The Morgan fingerprint density at radius 2 is 1.74 bits per heavy atom. The molecule has 0 heterocycles. The maximum Gasteiger partial charge on any atom is 0.170 e. The third-order valence-corrected chi connectivity index (χ3v) is 2.33. The molecule has 0 aliphatic carbocycles. The Labute approximate surface area is 112 Å². The highest BCUT2D eigenvalue weighted by molar-refractivity contribution is 5.97. The molecular formula is C13H20N2O4. The highest BCUT2D eigenvalue weighted by Gasteiger charge is 1.99. The van der Waals surface area contributed by atoms with Gasteiger partial charge in [-0.15, -0.1) is 0 Å². The summed E-state index contributed by atoms with van der Waals surface area (Å²) in [5.41, 5.74) is 6.09. The van der Waals surface area contributed by atoms with E-state index in [1.54, 1.807) is 24.3 Å². The normalized spacial score (nSPS) is 11.5. The Morgan fingerprint density at radius 1 is 1.11 bits per heavy atom. The van der Waals surface area contributed by atoms with Crippen molar-refractivity contribution < 1.29 is 19.4 Å². The first-order valence-corrected chi connectivity index (χ1v) is 6.14. The highest BCUT2D eigenvalue weighted by Crippen LogP contribution is 2.11. The van der Waals surface area contributed by atoms with Gasteiger partial charge in [0.2, 0.25) is 0 Å². The van der Waals surface area contributed by atoms with Crippen molar-refractivity contribution in [1.29, 1.82) is 0 Å². The summed E-state index contributed by atoms with van der Waals surface area (Å²) in [6, 6.07) is 6.96. The van der Waals surface area contributed by atoms with Crippen molar-refractivity contribution in [1.82, 2.24) is 0 Å². The molecule has 0 saturated carbocycles. The molecule has 0 aromatic heterocycles. The van der Waals surface area contributed by atoms with Crippen LogP contribution in [0.15, 0.2) is 29.4 Å². The van der Waals surface area contributed by atoms with E-state index in [2.05, 4.69) is 5.16 Å². The molecule has 1 aromatic rings. The van der Waals surface area contributed by atoms with E-state index in [1.807, 2.05) is 6.92 Å². The topological polar surface area (TPSA) is 86.3 Å². The number of amidine groups is 1. The lowest BCUT2D eigenvalue weighted by Crippen LogP contribution is -2.13. The van der Waals surface area contributed by atoms with Gasteiger partial charge < -0.3 is 25.2 Å². The highest BCUT2D eigenvalue weighted by atomic mass is 16.5. The molecule has 0 amide bonds. The smallest absolute Gasteiger partial charge is 0.170 e. The average molecular weight is 268 g/mol. The van der Waals surface area contributed by atoms with Crippen molar-refractivity contribution in [2.24, 2.45) is 10.9 Å². The molecule has 1 aromatic carbocycles. The molecule has 0 spiro atoms. The van der Waals surface area contributed by atoms with Crippen molar-refractivity contribution in [3.8, 4) is 5.75 Å². The predicted molar refractivity (Wildman–Crippen MR) is 71.8 cm³/mol. The first-order valence-electron chi connectivity index (χ1n) is 6.14. The lowest BCUT2D eigenvalue weighted by Gasteiger charge is -2.07. The quantitative estimate of drug-likeness (QED) is 0.231. The summed E-state index contributed by atoms with van der Waals surface area (Å²) in [5, 5.41) is 11.4. The first-order chi connectivity index (χ1) is 9.27. The molecule has 106 valence electrons. The van der Waals surface area contributed by atoms with Crippen molar-refractivity contribution in [2.75, 3.05) is 33.0 Å². The molecule has 1 rings (SSSR count). The molecule has 0 unspecified atom stereocenters. The minimum absolute atomic E-state index is 0.0748. The lowest BCUT2D eigenvalue weighted by atomic mass is 10.2. The van der Waals surface area contributed by atoms with Crippen LogP contribution in [0.25, 0.3) is 0 Å².